The lowest BCUT2D eigenvalue weighted by Gasteiger charge is -2.15. The van der Waals surface area contributed by atoms with Crippen molar-refractivity contribution in [3.05, 3.63) is 42.7 Å². The molecule has 3 rings (SSSR count). The van der Waals surface area contributed by atoms with E-state index in [1.807, 2.05) is 16.9 Å². The fourth-order valence-electron chi connectivity index (χ4n) is 2.14. The van der Waals surface area contributed by atoms with E-state index in [2.05, 4.69) is 41.6 Å². The van der Waals surface area contributed by atoms with Crippen LogP contribution in [0.2, 0.25) is 0 Å². The molecule has 1 aromatic carbocycles. The Hall–Kier alpha value is -1.77. The Morgan fingerprint density at radius 3 is 2.94 bits per heavy atom. The van der Waals surface area contributed by atoms with Crippen LogP contribution in [0.15, 0.2) is 42.7 Å². The van der Waals surface area contributed by atoms with Gasteiger partial charge >= 0.3 is 0 Å². The van der Waals surface area contributed by atoms with Crippen molar-refractivity contribution in [3.8, 4) is 5.69 Å². The number of nitrogens with zero attached hydrogens (tertiary/aromatic N) is 2. The Balaban J connectivity index is 1.79. The number of rotatable bonds is 4. The van der Waals surface area contributed by atoms with Crippen LogP contribution >= 0.6 is 0 Å². The topological polar surface area (TPSA) is 29.9 Å². The molecule has 0 radical (unpaired) electrons. The van der Waals surface area contributed by atoms with E-state index in [9.17, 15) is 0 Å². The second-order valence-corrected chi connectivity index (χ2v) is 4.77. The molecule has 1 aromatic heterocycles. The molecule has 0 amide bonds. The van der Waals surface area contributed by atoms with Crippen molar-refractivity contribution in [2.75, 3.05) is 5.32 Å². The summed E-state index contributed by atoms with van der Waals surface area (Å²) >= 11 is 0. The predicted octanol–water partition coefficient (Wildman–Crippen LogP) is 3.08. The van der Waals surface area contributed by atoms with Gasteiger partial charge in [-0.25, -0.2) is 4.68 Å². The van der Waals surface area contributed by atoms with Gasteiger partial charge in [-0.1, -0.05) is 6.07 Å². The quantitative estimate of drug-likeness (QED) is 0.870. The molecule has 3 nitrogen and oxygen atoms in total. The molecule has 1 aliphatic rings. The average Bonchev–Trinajstić information content (AvgIpc) is 3.05. The van der Waals surface area contributed by atoms with Gasteiger partial charge in [-0.3, -0.25) is 0 Å². The highest BCUT2D eigenvalue weighted by atomic mass is 15.3. The molecule has 88 valence electrons. The zero-order valence-electron chi connectivity index (χ0n) is 10.0. The number of hydrogen-bond acceptors (Lipinski definition) is 2. The number of nitrogens with one attached hydrogen (secondary N) is 1. The first-order valence-corrected chi connectivity index (χ1v) is 6.19. The molecular formula is C14H17N3. The van der Waals surface area contributed by atoms with Gasteiger partial charge in [0.2, 0.25) is 0 Å². The van der Waals surface area contributed by atoms with Crippen molar-refractivity contribution in [2.24, 2.45) is 5.92 Å². The summed E-state index contributed by atoms with van der Waals surface area (Å²) < 4.78 is 1.88. The van der Waals surface area contributed by atoms with Gasteiger partial charge in [-0.2, -0.15) is 5.10 Å². The molecule has 1 aliphatic carbocycles. The smallest absolute Gasteiger partial charge is 0.0666 e. The standard InChI is InChI=1S/C14H17N3/c1-11(12-6-7-12)16-13-4-2-5-14(10-13)17-9-3-8-15-17/h2-5,8-12,16H,6-7H2,1H3. The van der Waals surface area contributed by atoms with E-state index >= 15 is 0 Å². The number of anilines is 1. The van der Waals surface area contributed by atoms with Gasteiger partial charge in [0.15, 0.2) is 0 Å². The van der Waals surface area contributed by atoms with Gasteiger partial charge in [-0.15, -0.1) is 0 Å². The van der Waals surface area contributed by atoms with E-state index in [-0.39, 0.29) is 0 Å². The van der Waals surface area contributed by atoms with Crippen LogP contribution in [0.1, 0.15) is 19.8 Å². The summed E-state index contributed by atoms with van der Waals surface area (Å²) in [5, 5.41) is 7.81. The highest BCUT2D eigenvalue weighted by Gasteiger charge is 2.27. The van der Waals surface area contributed by atoms with Gasteiger partial charge in [0.05, 0.1) is 5.69 Å². The molecule has 0 spiro atoms. The molecule has 1 fully saturated rings. The van der Waals surface area contributed by atoms with E-state index in [1.165, 1.54) is 18.5 Å². The van der Waals surface area contributed by atoms with Crippen LogP contribution in [0.4, 0.5) is 5.69 Å². The van der Waals surface area contributed by atoms with E-state index in [4.69, 9.17) is 0 Å². The second kappa shape index (κ2) is 4.24. The summed E-state index contributed by atoms with van der Waals surface area (Å²) in [4.78, 5) is 0. The maximum absolute atomic E-state index is 4.24. The molecule has 17 heavy (non-hydrogen) atoms. The lowest BCUT2D eigenvalue weighted by Crippen LogP contribution is -2.17. The molecule has 2 aromatic rings. The van der Waals surface area contributed by atoms with Gasteiger partial charge < -0.3 is 5.32 Å². The molecule has 3 heteroatoms. The van der Waals surface area contributed by atoms with Crippen molar-refractivity contribution in [1.82, 2.24) is 9.78 Å². The van der Waals surface area contributed by atoms with E-state index in [0.717, 1.165) is 11.6 Å². The maximum atomic E-state index is 4.24. The Morgan fingerprint density at radius 2 is 2.24 bits per heavy atom. The summed E-state index contributed by atoms with van der Waals surface area (Å²) in [6.07, 6.45) is 6.50. The first kappa shape index (κ1) is 10.4. The van der Waals surface area contributed by atoms with Crippen molar-refractivity contribution in [1.29, 1.82) is 0 Å². The average molecular weight is 227 g/mol. The number of aromatic nitrogens is 2. The minimum absolute atomic E-state index is 0.572. The summed E-state index contributed by atoms with van der Waals surface area (Å²) in [6.45, 7) is 2.26. The first-order valence-electron chi connectivity index (χ1n) is 6.19. The molecule has 1 heterocycles. The van der Waals surface area contributed by atoms with Crippen molar-refractivity contribution >= 4 is 5.69 Å². The Morgan fingerprint density at radius 1 is 1.35 bits per heavy atom. The first-order chi connectivity index (χ1) is 8.33. The molecule has 1 saturated carbocycles. The minimum Gasteiger partial charge on any atom is -0.382 e. The van der Waals surface area contributed by atoms with Crippen LogP contribution in [-0.4, -0.2) is 15.8 Å². The summed E-state index contributed by atoms with van der Waals surface area (Å²) in [5.74, 6) is 0.864. The van der Waals surface area contributed by atoms with E-state index < -0.39 is 0 Å². The number of hydrogen-bond donors (Lipinski definition) is 1. The highest BCUT2D eigenvalue weighted by Crippen LogP contribution is 2.34. The zero-order valence-corrected chi connectivity index (χ0v) is 10.0. The van der Waals surface area contributed by atoms with E-state index in [1.54, 1.807) is 6.20 Å². The fraction of sp³-hybridized carbons (Fsp3) is 0.357. The van der Waals surface area contributed by atoms with Crippen LogP contribution in [0.3, 0.4) is 0 Å². The second-order valence-electron chi connectivity index (χ2n) is 4.77. The fourth-order valence-corrected chi connectivity index (χ4v) is 2.14. The summed E-state index contributed by atoms with van der Waals surface area (Å²) in [6, 6.07) is 10.9. The van der Waals surface area contributed by atoms with E-state index in [0.29, 0.717) is 6.04 Å². The molecule has 0 saturated heterocycles. The predicted molar refractivity (Wildman–Crippen MR) is 69.4 cm³/mol. The monoisotopic (exact) mass is 227 g/mol. The largest absolute Gasteiger partial charge is 0.382 e. The van der Waals surface area contributed by atoms with Gasteiger partial charge in [0, 0.05) is 24.1 Å². The third-order valence-electron chi connectivity index (χ3n) is 3.34. The van der Waals surface area contributed by atoms with Crippen LogP contribution in [0.25, 0.3) is 5.69 Å². The zero-order chi connectivity index (χ0) is 11.7. The molecule has 1 N–H and O–H groups in total. The van der Waals surface area contributed by atoms with Crippen molar-refractivity contribution < 1.29 is 0 Å². The maximum Gasteiger partial charge on any atom is 0.0666 e. The third kappa shape index (κ3) is 2.33. The van der Waals surface area contributed by atoms with Gasteiger partial charge in [-0.05, 0) is 49.9 Å². The van der Waals surface area contributed by atoms with Crippen LogP contribution in [0.5, 0.6) is 0 Å². The van der Waals surface area contributed by atoms with Crippen LogP contribution < -0.4 is 5.32 Å². The lowest BCUT2D eigenvalue weighted by atomic mass is 10.2. The molecule has 1 atom stereocenters. The molecular weight excluding hydrogens is 210 g/mol. The molecule has 1 unspecified atom stereocenters. The van der Waals surface area contributed by atoms with Gasteiger partial charge in [0.25, 0.3) is 0 Å². The Kier molecular flexibility index (Phi) is 2.59. The van der Waals surface area contributed by atoms with Gasteiger partial charge in [0.1, 0.15) is 0 Å². The molecule has 0 aliphatic heterocycles. The minimum atomic E-state index is 0.572. The SMILES string of the molecule is CC(Nc1cccc(-n2cccn2)c1)C1CC1. The Labute approximate surface area is 101 Å². The summed E-state index contributed by atoms with van der Waals surface area (Å²) in [5.41, 5.74) is 2.28. The Bertz CT molecular complexity index is 486. The summed E-state index contributed by atoms with van der Waals surface area (Å²) in [7, 11) is 0. The highest BCUT2D eigenvalue weighted by molar-refractivity contribution is 5.51. The number of benzene rings is 1. The van der Waals surface area contributed by atoms with Crippen LogP contribution in [-0.2, 0) is 0 Å². The molecule has 0 bridgehead atoms. The third-order valence-corrected chi connectivity index (χ3v) is 3.34. The van der Waals surface area contributed by atoms with Crippen molar-refractivity contribution in [2.45, 2.75) is 25.8 Å². The lowest BCUT2D eigenvalue weighted by molar-refractivity contribution is 0.694. The van der Waals surface area contributed by atoms with Crippen LogP contribution in [0, 0.1) is 5.92 Å². The van der Waals surface area contributed by atoms with Crippen molar-refractivity contribution in [3.63, 3.8) is 0 Å². The normalized spacial score (nSPS) is 16.8.